The molecule has 126 valence electrons. The van der Waals surface area contributed by atoms with Gasteiger partial charge in [-0.1, -0.05) is 0 Å². The first kappa shape index (κ1) is 16.4. The third-order valence-corrected chi connectivity index (χ3v) is 5.32. The van der Waals surface area contributed by atoms with E-state index >= 15 is 0 Å². The Bertz CT molecular complexity index is 545. The van der Waals surface area contributed by atoms with E-state index < -0.39 is 0 Å². The van der Waals surface area contributed by atoms with Crippen LogP contribution in [0.2, 0.25) is 0 Å². The summed E-state index contributed by atoms with van der Waals surface area (Å²) in [5.41, 5.74) is 2.14. The third-order valence-electron chi connectivity index (χ3n) is 4.73. The van der Waals surface area contributed by atoms with Gasteiger partial charge in [-0.2, -0.15) is 0 Å². The van der Waals surface area contributed by atoms with Gasteiger partial charge in [0.15, 0.2) is 0 Å². The molecule has 0 unspecified atom stereocenters. The van der Waals surface area contributed by atoms with E-state index in [-0.39, 0.29) is 17.9 Å². The first-order valence-corrected chi connectivity index (χ1v) is 9.10. The number of rotatable bonds is 7. The van der Waals surface area contributed by atoms with Gasteiger partial charge in [-0.15, -0.1) is 11.3 Å². The van der Waals surface area contributed by atoms with Gasteiger partial charge >= 0.3 is 5.97 Å². The molecule has 1 aromatic heterocycles. The number of esters is 1. The molecule has 0 bridgehead atoms. The van der Waals surface area contributed by atoms with Crippen LogP contribution in [0.3, 0.4) is 0 Å². The van der Waals surface area contributed by atoms with Crippen LogP contribution in [0.1, 0.15) is 42.6 Å². The molecule has 2 heterocycles. The largest absolute Gasteiger partial charge is 0.469 e. The third kappa shape index (κ3) is 4.29. The highest BCUT2D eigenvalue weighted by atomic mass is 32.1. The molecular formula is C16H23N3O3S. The molecule has 1 N–H and O–H groups in total. The van der Waals surface area contributed by atoms with Crippen molar-refractivity contribution in [2.24, 2.45) is 5.92 Å². The van der Waals surface area contributed by atoms with Crippen LogP contribution in [0.5, 0.6) is 0 Å². The van der Waals surface area contributed by atoms with Gasteiger partial charge < -0.3 is 10.1 Å². The first-order chi connectivity index (χ1) is 11.2. The number of nitrogens with one attached hydrogen (secondary N) is 1. The van der Waals surface area contributed by atoms with E-state index in [2.05, 4.69) is 15.2 Å². The summed E-state index contributed by atoms with van der Waals surface area (Å²) in [7, 11) is 1.44. The average Bonchev–Trinajstić information content (AvgIpc) is 3.06. The quantitative estimate of drug-likeness (QED) is 0.767. The van der Waals surface area contributed by atoms with Gasteiger partial charge in [-0.25, -0.2) is 4.98 Å². The molecule has 1 saturated heterocycles. The van der Waals surface area contributed by atoms with Crippen LogP contribution in [0, 0.1) is 5.92 Å². The molecule has 1 aliphatic carbocycles. The highest BCUT2D eigenvalue weighted by molar-refractivity contribution is 7.07. The van der Waals surface area contributed by atoms with Gasteiger partial charge in [0.05, 0.1) is 19.0 Å². The van der Waals surface area contributed by atoms with Gasteiger partial charge in [-0.3, -0.25) is 14.5 Å². The molecule has 0 radical (unpaired) electrons. The Labute approximate surface area is 140 Å². The molecule has 1 amide bonds. The van der Waals surface area contributed by atoms with Gasteiger partial charge in [0.2, 0.25) is 0 Å². The summed E-state index contributed by atoms with van der Waals surface area (Å²) in [4.78, 5) is 30.1. The Morgan fingerprint density at radius 3 is 2.78 bits per heavy atom. The molecule has 1 saturated carbocycles. The SMILES string of the molecule is COC(=O)C[C@H]1CC[C@@H](CNC(=O)c2cscn2)N1CC1CC1. The predicted octanol–water partition coefficient (Wildman–Crippen LogP) is 1.68. The summed E-state index contributed by atoms with van der Waals surface area (Å²) in [5.74, 6) is 0.488. The Morgan fingerprint density at radius 2 is 2.13 bits per heavy atom. The molecule has 3 rings (SSSR count). The van der Waals surface area contributed by atoms with Crippen LogP contribution in [-0.4, -0.2) is 54.0 Å². The zero-order chi connectivity index (χ0) is 16.2. The summed E-state index contributed by atoms with van der Waals surface area (Å²) in [6.45, 7) is 1.64. The van der Waals surface area contributed by atoms with Crippen molar-refractivity contribution in [2.45, 2.75) is 44.2 Å². The van der Waals surface area contributed by atoms with Crippen LogP contribution in [0.15, 0.2) is 10.9 Å². The minimum Gasteiger partial charge on any atom is -0.469 e. The summed E-state index contributed by atoms with van der Waals surface area (Å²) in [5, 5.41) is 4.74. The molecule has 0 spiro atoms. The fourth-order valence-electron chi connectivity index (χ4n) is 3.25. The fourth-order valence-corrected chi connectivity index (χ4v) is 3.78. The molecule has 2 atom stereocenters. The van der Waals surface area contributed by atoms with Crippen molar-refractivity contribution in [2.75, 3.05) is 20.2 Å². The fraction of sp³-hybridized carbons (Fsp3) is 0.688. The smallest absolute Gasteiger partial charge is 0.307 e. The second-order valence-electron chi connectivity index (χ2n) is 6.39. The molecular weight excluding hydrogens is 314 g/mol. The van der Waals surface area contributed by atoms with Crippen molar-refractivity contribution < 1.29 is 14.3 Å². The highest BCUT2D eigenvalue weighted by Crippen LogP contribution is 2.35. The van der Waals surface area contributed by atoms with E-state index in [9.17, 15) is 9.59 Å². The van der Waals surface area contributed by atoms with Crippen molar-refractivity contribution in [3.8, 4) is 0 Å². The number of likely N-dealkylation sites (tertiary alicyclic amines) is 1. The molecule has 1 aliphatic heterocycles. The number of carbonyl (C=O) groups excluding carboxylic acids is 2. The van der Waals surface area contributed by atoms with Crippen molar-refractivity contribution in [3.05, 3.63) is 16.6 Å². The summed E-state index contributed by atoms with van der Waals surface area (Å²) in [6, 6.07) is 0.539. The number of hydrogen-bond acceptors (Lipinski definition) is 6. The zero-order valence-electron chi connectivity index (χ0n) is 13.4. The van der Waals surface area contributed by atoms with Gasteiger partial charge in [0.25, 0.3) is 5.91 Å². The molecule has 23 heavy (non-hydrogen) atoms. The van der Waals surface area contributed by atoms with Crippen LogP contribution in [0.4, 0.5) is 0 Å². The second-order valence-corrected chi connectivity index (χ2v) is 7.11. The summed E-state index contributed by atoms with van der Waals surface area (Å²) in [6.07, 6.45) is 4.99. The number of thiazole rings is 1. The maximum absolute atomic E-state index is 12.0. The van der Waals surface area contributed by atoms with E-state index in [0.717, 1.165) is 25.3 Å². The number of carbonyl (C=O) groups is 2. The first-order valence-electron chi connectivity index (χ1n) is 8.16. The molecule has 2 aliphatic rings. The van der Waals surface area contributed by atoms with Crippen molar-refractivity contribution in [1.29, 1.82) is 0 Å². The average molecular weight is 337 g/mol. The maximum atomic E-state index is 12.0. The number of ether oxygens (including phenoxy) is 1. The minimum absolute atomic E-state index is 0.117. The van der Waals surface area contributed by atoms with E-state index in [1.807, 2.05) is 0 Å². The lowest BCUT2D eigenvalue weighted by Crippen LogP contribution is -2.44. The van der Waals surface area contributed by atoms with Crippen LogP contribution in [-0.2, 0) is 9.53 Å². The lowest BCUT2D eigenvalue weighted by molar-refractivity contribution is -0.141. The normalized spacial score (nSPS) is 24.6. The minimum atomic E-state index is -0.150. The zero-order valence-corrected chi connectivity index (χ0v) is 14.2. The van der Waals surface area contributed by atoms with Crippen molar-refractivity contribution in [3.63, 3.8) is 0 Å². The van der Waals surface area contributed by atoms with Crippen LogP contribution in [0.25, 0.3) is 0 Å². The maximum Gasteiger partial charge on any atom is 0.307 e. The number of methoxy groups -OCH3 is 1. The Kier molecular flexibility index (Phi) is 5.27. The lowest BCUT2D eigenvalue weighted by Gasteiger charge is -2.30. The Balaban J connectivity index is 1.56. The number of nitrogens with zero attached hydrogens (tertiary/aromatic N) is 2. The predicted molar refractivity (Wildman–Crippen MR) is 87.3 cm³/mol. The van der Waals surface area contributed by atoms with Gasteiger partial charge in [0, 0.05) is 30.6 Å². The molecule has 7 heteroatoms. The summed E-state index contributed by atoms with van der Waals surface area (Å²) < 4.78 is 4.82. The van der Waals surface area contributed by atoms with Gasteiger partial charge in [-0.05, 0) is 31.6 Å². The molecule has 2 fully saturated rings. The monoisotopic (exact) mass is 337 g/mol. The Hall–Kier alpha value is -1.47. The van der Waals surface area contributed by atoms with Gasteiger partial charge in [0.1, 0.15) is 5.69 Å². The number of amides is 1. The van der Waals surface area contributed by atoms with Crippen molar-refractivity contribution in [1.82, 2.24) is 15.2 Å². The van der Waals surface area contributed by atoms with Crippen molar-refractivity contribution >= 4 is 23.2 Å². The number of hydrogen-bond donors (Lipinski definition) is 1. The lowest BCUT2D eigenvalue weighted by atomic mass is 10.1. The topological polar surface area (TPSA) is 71.5 Å². The van der Waals surface area contributed by atoms with Crippen LogP contribution < -0.4 is 5.32 Å². The van der Waals surface area contributed by atoms with E-state index in [1.165, 1.54) is 31.3 Å². The van der Waals surface area contributed by atoms with E-state index in [0.29, 0.717) is 24.7 Å². The second kappa shape index (κ2) is 7.40. The number of aromatic nitrogens is 1. The van der Waals surface area contributed by atoms with E-state index in [1.54, 1.807) is 10.9 Å². The van der Waals surface area contributed by atoms with E-state index in [4.69, 9.17) is 4.74 Å². The summed E-state index contributed by atoms with van der Waals surface area (Å²) >= 11 is 1.42. The van der Waals surface area contributed by atoms with Crippen LogP contribution >= 0.6 is 11.3 Å². The Morgan fingerprint density at radius 1 is 1.35 bits per heavy atom. The molecule has 0 aromatic carbocycles. The molecule has 1 aromatic rings. The molecule has 6 nitrogen and oxygen atoms in total. The highest BCUT2D eigenvalue weighted by Gasteiger charge is 2.38. The standard InChI is InChI=1S/C16H23N3O3S/c1-22-15(20)6-12-4-5-13(19(12)8-11-2-3-11)7-17-16(21)14-9-23-10-18-14/h9-13H,2-8H2,1H3,(H,17,21)/t12-,13+/m1/s1.